The number of imide groups is 1. The quantitative estimate of drug-likeness (QED) is 0.263. The lowest BCUT2D eigenvalue weighted by molar-refractivity contribution is -0.394. The van der Waals surface area contributed by atoms with E-state index in [1.54, 1.807) is 18.2 Å². The molecule has 32 heavy (non-hydrogen) atoms. The Kier molecular flexibility index (Phi) is 5.82. The van der Waals surface area contributed by atoms with Gasteiger partial charge < -0.3 is 15.7 Å². The second-order valence-corrected chi connectivity index (χ2v) is 6.71. The summed E-state index contributed by atoms with van der Waals surface area (Å²) >= 11 is 0. The van der Waals surface area contributed by atoms with E-state index in [9.17, 15) is 39.7 Å². The molecule has 0 bridgehead atoms. The van der Waals surface area contributed by atoms with Gasteiger partial charge in [0.05, 0.1) is 15.9 Å². The lowest BCUT2D eigenvalue weighted by Crippen LogP contribution is -2.38. The molecule has 3 rings (SSSR count). The zero-order valence-corrected chi connectivity index (χ0v) is 16.4. The zero-order chi connectivity index (χ0) is 23.6. The largest absolute Gasteiger partial charge is 0.502 e. The number of hydrogen-bond acceptors (Lipinski definition) is 8. The molecule has 1 aliphatic rings. The van der Waals surface area contributed by atoms with E-state index in [0.29, 0.717) is 16.7 Å². The van der Waals surface area contributed by atoms with E-state index in [2.05, 4.69) is 10.6 Å². The highest BCUT2D eigenvalue weighted by Gasteiger charge is 2.35. The molecule has 1 saturated heterocycles. The minimum Gasteiger partial charge on any atom is -0.502 e. The van der Waals surface area contributed by atoms with Crippen molar-refractivity contribution in [2.24, 2.45) is 0 Å². The number of non-ortho nitro benzene ring substituents is 1. The predicted octanol–water partition coefficient (Wildman–Crippen LogP) is 2.05. The molecule has 13 nitrogen and oxygen atoms in total. The lowest BCUT2D eigenvalue weighted by atomic mass is 10.1. The third-order valence-electron chi connectivity index (χ3n) is 4.38. The van der Waals surface area contributed by atoms with Crippen LogP contribution in [0.5, 0.6) is 5.75 Å². The summed E-state index contributed by atoms with van der Waals surface area (Å²) in [6.45, 7) is 1.19. The Morgan fingerprint density at radius 1 is 1.19 bits per heavy atom. The van der Waals surface area contributed by atoms with Crippen molar-refractivity contribution in [3.05, 3.63) is 73.5 Å². The molecule has 0 unspecified atom stereocenters. The van der Waals surface area contributed by atoms with Crippen LogP contribution in [0.1, 0.15) is 11.1 Å². The highest BCUT2D eigenvalue weighted by Crippen LogP contribution is 2.35. The van der Waals surface area contributed by atoms with Gasteiger partial charge in [-0.25, -0.2) is 9.69 Å². The molecular weight excluding hydrogens is 426 g/mol. The van der Waals surface area contributed by atoms with E-state index in [1.165, 1.54) is 0 Å². The van der Waals surface area contributed by atoms with Crippen molar-refractivity contribution < 1.29 is 29.3 Å². The second-order valence-electron chi connectivity index (χ2n) is 6.71. The molecule has 4 amide bonds. The normalized spacial score (nSPS) is 14.4. The number of aromatic hydroxyl groups is 1. The summed E-state index contributed by atoms with van der Waals surface area (Å²) < 4.78 is 0. The standard InChI is InChI=1S/C19H15N5O8/c1-10-3-2-4-12(5-10)20-16(25)9-22-18(27)14(21-19(22)28)7-11-6-13(23(29)30)8-15(17(11)26)24(31)32/h2-8,26H,9H2,1H3,(H,20,25)(H,21,28)/b14-7+. The number of amides is 4. The number of phenolic OH excluding ortho intramolecular Hbond substituents is 1. The van der Waals surface area contributed by atoms with Gasteiger partial charge in [0.1, 0.15) is 12.2 Å². The van der Waals surface area contributed by atoms with Crippen molar-refractivity contribution in [3.63, 3.8) is 0 Å². The van der Waals surface area contributed by atoms with Crippen LogP contribution in [0, 0.1) is 27.2 Å². The average Bonchev–Trinajstić information content (AvgIpc) is 2.96. The Bertz CT molecular complexity index is 1210. The van der Waals surface area contributed by atoms with Crippen LogP contribution in [0.3, 0.4) is 0 Å². The van der Waals surface area contributed by atoms with Crippen LogP contribution in [0.25, 0.3) is 6.08 Å². The fourth-order valence-corrected chi connectivity index (χ4v) is 2.92. The Hall–Kier alpha value is -4.81. The maximum atomic E-state index is 12.6. The monoisotopic (exact) mass is 441 g/mol. The summed E-state index contributed by atoms with van der Waals surface area (Å²) in [4.78, 5) is 57.7. The number of anilines is 1. The van der Waals surface area contributed by atoms with Gasteiger partial charge in [-0.05, 0) is 30.7 Å². The topological polar surface area (TPSA) is 185 Å². The third-order valence-corrected chi connectivity index (χ3v) is 4.38. The molecule has 0 aliphatic carbocycles. The second kappa shape index (κ2) is 8.51. The van der Waals surface area contributed by atoms with Crippen molar-refractivity contribution in [1.82, 2.24) is 10.2 Å². The van der Waals surface area contributed by atoms with Crippen molar-refractivity contribution >= 4 is 41.0 Å². The van der Waals surface area contributed by atoms with Crippen LogP contribution in [0.4, 0.5) is 21.9 Å². The van der Waals surface area contributed by atoms with Crippen molar-refractivity contribution in [2.75, 3.05) is 11.9 Å². The number of hydrogen-bond donors (Lipinski definition) is 3. The lowest BCUT2D eigenvalue weighted by Gasteiger charge is -2.12. The van der Waals surface area contributed by atoms with Crippen molar-refractivity contribution in [1.29, 1.82) is 0 Å². The van der Waals surface area contributed by atoms with E-state index in [0.717, 1.165) is 17.7 Å². The smallest absolute Gasteiger partial charge is 0.329 e. The molecule has 0 radical (unpaired) electrons. The Morgan fingerprint density at radius 2 is 1.91 bits per heavy atom. The van der Waals surface area contributed by atoms with Gasteiger partial charge in [-0.2, -0.15) is 0 Å². The Balaban J connectivity index is 1.85. The van der Waals surface area contributed by atoms with E-state index >= 15 is 0 Å². The number of carbonyl (C=O) groups is 3. The number of rotatable bonds is 6. The number of aryl methyl sites for hydroxylation is 1. The molecule has 2 aromatic rings. The molecule has 0 aromatic heterocycles. The summed E-state index contributed by atoms with van der Waals surface area (Å²) in [5, 5.41) is 36.9. The molecule has 3 N–H and O–H groups in total. The van der Waals surface area contributed by atoms with Crippen LogP contribution >= 0.6 is 0 Å². The summed E-state index contributed by atoms with van der Waals surface area (Å²) in [6, 6.07) is 7.27. The molecule has 0 saturated carbocycles. The van der Waals surface area contributed by atoms with Crippen LogP contribution in [-0.4, -0.2) is 44.2 Å². The number of urea groups is 1. The summed E-state index contributed by atoms with van der Waals surface area (Å²) in [6.07, 6.45) is 0.855. The summed E-state index contributed by atoms with van der Waals surface area (Å²) in [5.74, 6) is -2.54. The molecule has 0 atom stereocenters. The molecule has 0 spiro atoms. The molecular formula is C19H15N5O8. The van der Waals surface area contributed by atoms with Gasteiger partial charge in [0, 0.05) is 17.3 Å². The first-order valence-corrected chi connectivity index (χ1v) is 8.93. The molecule has 13 heteroatoms. The van der Waals surface area contributed by atoms with Gasteiger partial charge in [-0.1, -0.05) is 12.1 Å². The SMILES string of the molecule is Cc1cccc(NC(=O)CN2C(=O)N/C(=C/c3cc([N+](=O)[O-])cc([N+](=O)[O-])c3O)C2=O)c1. The first kappa shape index (κ1) is 21.9. The van der Waals surface area contributed by atoms with Crippen LogP contribution in [0.15, 0.2) is 42.1 Å². The highest BCUT2D eigenvalue weighted by molar-refractivity contribution is 6.16. The first-order chi connectivity index (χ1) is 15.1. The first-order valence-electron chi connectivity index (χ1n) is 8.93. The van der Waals surface area contributed by atoms with E-state index < -0.39 is 62.6 Å². The van der Waals surface area contributed by atoms with Crippen LogP contribution < -0.4 is 10.6 Å². The molecule has 1 heterocycles. The van der Waals surface area contributed by atoms with Crippen LogP contribution in [0.2, 0.25) is 0 Å². The number of carbonyl (C=O) groups excluding carboxylic acids is 3. The van der Waals surface area contributed by atoms with Gasteiger partial charge in [-0.3, -0.25) is 29.8 Å². The fourth-order valence-electron chi connectivity index (χ4n) is 2.92. The van der Waals surface area contributed by atoms with E-state index in [4.69, 9.17) is 0 Å². The van der Waals surface area contributed by atoms with Crippen LogP contribution in [-0.2, 0) is 9.59 Å². The maximum Gasteiger partial charge on any atom is 0.329 e. The van der Waals surface area contributed by atoms with E-state index in [-0.39, 0.29) is 0 Å². The van der Waals surface area contributed by atoms with Gasteiger partial charge >= 0.3 is 11.7 Å². The number of nitro groups is 2. The number of benzene rings is 2. The molecule has 2 aromatic carbocycles. The number of nitro benzene ring substituents is 2. The Labute approximate surface area is 179 Å². The van der Waals surface area contributed by atoms with Gasteiger partial charge in [0.25, 0.3) is 11.6 Å². The third kappa shape index (κ3) is 4.51. The van der Waals surface area contributed by atoms with E-state index in [1.807, 2.05) is 13.0 Å². The number of phenols is 1. The molecule has 1 aliphatic heterocycles. The molecule has 164 valence electrons. The summed E-state index contributed by atoms with van der Waals surface area (Å²) in [7, 11) is 0. The Morgan fingerprint density at radius 3 is 2.53 bits per heavy atom. The van der Waals surface area contributed by atoms with Crippen molar-refractivity contribution in [2.45, 2.75) is 6.92 Å². The molecule has 1 fully saturated rings. The van der Waals surface area contributed by atoms with Gasteiger partial charge in [0.2, 0.25) is 11.7 Å². The number of nitrogens with one attached hydrogen (secondary N) is 2. The highest BCUT2D eigenvalue weighted by atomic mass is 16.6. The predicted molar refractivity (Wildman–Crippen MR) is 109 cm³/mol. The van der Waals surface area contributed by atoms with Gasteiger partial charge in [-0.15, -0.1) is 0 Å². The maximum absolute atomic E-state index is 12.6. The fraction of sp³-hybridized carbons (Fsp3) is 0.105. The van der Waals surface area contributed by atoms with Crippen molar-refractivity contribution in [3.8, 4) is 5.75 Å². The average molecular weight is 441 g/mol. The number of nitrogens with zero attached hydrogens (tertiary/aromatic N) is 3. The zero-order valence-electron chi connectivity index (χ0n) is 16.4. The van der Waals surface area contributed by atoms with Gasteiger partial charge in [0.15, 0.2) is 0 Å². The summed E-state index contributed by atoms with van der Waals surface area (Å²) in [5.41, 5.74) is -1.16. The minimum atomic E-state index is -1.03. The minimum absolute atomic E-state index is 0.427.